The Labute approximate surface area is 95.3 Å². The molecule has 2 fully saturated rings. The Morgan fingerprint density at radius 1 is 0.938 bits per heavy atom. The molecule has 4 heteroatoms. The van der Waals surface area contributed by atoms with E-state index in [-0.39, 0.29) is 12.2 Å². The summed E-state index contributed by atoms with van der Waals surface area (Å²) in [6.07, 6.45) is 4.31. The lowest BCUT2D eigenvalue weighted by molar-refractivity contribution is 0.198. The summed E-state index contributed by atoms with van der Waals surface area (Å²) in [6, 6.07) is 9.29. The van der Waals surface area contributed by atoms with Crippen molar-refractivity contribution in [1.82, 2.24) is 0 Å². The van der Waals surface area contributed by atoms with E-state index in [4.69, 9.17) is 9.05 Å². The SMILES string of the molecule is O=P(OC1CC1)(OC1CC1)c1ccccc1. The molecule has 0 N–H and O–H groups in total. The Balaban J connectivity index is 1.84. The van der Waals surface area contributed by atoms with Crippen LogP contribution in [-0.2, 0) is 13.6 Å². The highest BCUT2D eigenvalue weighted by Crippen LogP contribution is 2.55. The lowest BCUT2D eigenvalue weighted by Crippen LogP contribution is -2.11. The summed E-state index contributed by atoms with van der Waals surface area (Å²) in [5.74, 6) is 0. The third-order valence-electron chi connectivity index (χ3n) is 2.70. The fraction of sp³-hybridized carbons (Fsp3) is 0.500. The molecule has 1 aromatic carbocycles. The van der Waals surface area contributed by atoms with E-state index in [0.717, 1.165) is 25.7 Å². The van der Waals surface area contributed by atoms with Crippen molar-refractivity contribution < 1.29 is 13.6 Å². The van der Waals surface area contributed by atoms with Crippen LogP contribution in [0.4, 0.5) is 0 Å². The van der Waals surface area contributed by atoms with Crippen LogP contribution in [0, 0.1) is 0 Å². The van der Waals surface area contributed by atoms with Crippen LogP contribution in [-0.4, -0.2) is 12.2 Å². The Morgan fingerprint density at radius 3 is 1.88 bits per heavy atom. The van der Waals surface area contributed by atoms with Crippen LogP contribution in [0.2, 0.25) is 0 Å². The summed E-state index contributed by atoms with van der Waals surface area (Å²) in [7, 11) is -3.06. The van der Waals surface area contributed by atoms with Gasteiger partial charge in [-0.15, -0.1) is 0 Å². The minimum absolute atomic E-state index is 0.143. The van der Waals surface area contributed by atoms with Gasteiger partial charge in [-0.3, -0.25) is 4.57 Å². The normalized spacial score (nSPS) is 21.0. The first-order chi connectivity index (χ1) is 7.76. The highest BCUT2D eigenvalue weighted by atomic mass is 31.2. The standard InChI is InChI=1S/C12H15O3P/c13-16(14-10-6-7-10,15-11-8-9-11)12-4-2-1-3-5-12/h1-5,10-11H,6-9H2. The molecule has 2 aliphatic carbocycles. The van der Waals surface area contributed by atoms with Gasteiger partial charge in [0.2, 0.25) is 0 Å². The first kappa shape index (κ1) is 10.5. The smallest absolute Gasteiger partial charge is 0.302 e. The number of benzene rings is 1. The fourth-order valence-corrected chi connectivity index (χ4v) is 3.53. The largest absolute Gasteiger partial charge is 0.361 e. The van der Waals surface area contributed by atoms with Gasteiger partial charge in [-0.05, 0) is 37.8 Å². The molecule has 0 amide bonds. The Hall–Kier alpha value is -0.630. The molecule has 0 saturated heterocycles. The van der Waals surface area contributed by atoms with Gasteiger partial charge in [0.05, 0.1) is 17.5 Å². The Bertz CT molecular complexity index is 392. The molecule has 0 spiro atoms. The van der Waals surface area contributed by atoms with Gasteiger partial charge in [-0.2, -0.15) is 0 Å². The van der Waals surface area contributed by atoms with E-state index in [2.05, 4.69) is 0 Å². The molecule has 1 aromatic rings. The predicted octanol–water partition coefficient (Wildman–Crippen LogP) is 2.86. The van der Waals surface area contributed by atoms with Gasteiger partial charge in [0.25, 0.3) is 0 Å². The number of hydrogen-bond donors (Lipinski definition) is 0. The second-order valence-corrected chi connectivity index (χ2v) is 6.38. The highest BCUT2D eigenvalue weighted by molar-refractivity contribution is 7.62. The van der Waals surface area contributed by atoms with Gasteiger partial charge in [-0.25, -0.2) is 0 Å². The molecule has 2 aliphatic rings. The van der Waals surface area contributed by atoms with E-state index in [0.29, 0.717) is 5.30 Å². The summed E-state index contributed by atoms with van der Waals surface area (Å²) in [5, 5.41) is 0.689. The van der Waals surface area contributed by atoms with E-state index in [1.165, 1.54) is 0 Å². The third kappa shape index (κ3) is 2.37. The summed E-state index contributed by atoms with van der Waals surface area (Å²) in [5.41, 5.74) is 0. The van der Waals surface area contributed by atoms with Crippen LogP contribution in [0.25, 0.3) is 0 Å². The van der Waals surface area contributed by atoms with Crippen molar-refractivity contribution in [1.29, 1.82) is 0 Å². The van der Waals surface area contributed by atoms with Gasteiger partial charge in [-0.1, -0.05) is 18.2 Å². The van der Waals surface area contributed by atoms with Crippen LogP contribution >= 0.6 is 7.60 Å². The van der Waals surface area contributed by atoms with Crippen molar-refractivity contribution in [2.24, 2.45) is 0 Å². The molecular formula is C12H15O3P. The molecule has 86 valence electrons. The zero-order chi connectivity index (χ0) is 11.0. The zero-order valence-electron chi connectivity index (χ0n) is 9.04. The topological polar surface area (TPSA) is 35.5 Å². The van der Waals surface area contributed by atoms with E-state index in [9.17, 15) is 4.57 Å². The van der Waals surface area contributed by atoms with Gasteiger partial charge in [0.1, 0.15) is 0 Å². The van der Waals surface area contributed by atoms with Crippen molar-refractivity contribution in [3.8, 4) is 0 Å². The van der Waals surface area contributed by atoms with Crippen LogP contribution in [0.3, 0.4) is 0 Å². The van der Waals surface area contributed by atoms with E-state index < -0.39 is 7.60 Å². The minimum atomic E-state index is -3.06. The second-order valence-electron chi connectivity index (χ2n) is 4.44. The molecule has 3 nitrogen and oxygen atoms in total. The molecule has 0 radical (unpaired) electrons. The first-order valence-electron chi connectivity index (χ1n) is 5.79. The van der Waals surface area contributed by atoms with Crippen molar-refractivity contribution >= 4 is 12.9 Å². The summed E-state index contributed by atoms with van der Waals surface area (Å²) in [4.78, 5) is 0. The van der Waals surface area contributed by atoms with Gasteiger partial charge < -0.3 is 9.05 Å². The molecule has 3 rings (SSSR count). The zero-order valence-corrected chi connectivity index (χ0v) is 9.94. The minimum Gasteiger partial charge on any atom is -0.302 e. The molecule has 0 aliphatic heterocycles. The maximum atomic E-state index is 12.7. The third-order valence-corrected chi connectivity index (χ3v) is 4.78. The molecule has 0 aromatic heterocycles. The van der Waals surface area contributed by atoms with Gasteiger partial charge >= 0.3 is 7.60 Å². The number of rotatable bonds is 5. The average molecular weight is 238 g/mol. The van der Waals surface area contributed by atoms with Crippen LogP contribution < -0.4 is 5.30 Å². The summed E-state index contributed by atoms with van der Waals surface area (Å²) in [6.45, 7) is 0. The average Bonchev–Trinajstić information content (AvgIpc) is 3.17. The molecule has 0 heterocycles. The highest BCUT2D eigenvalue weighted by Gasteiger charge is 2.40. The van der Waals surface area contributed by atoms with Gasteiger partial charge in [0, 0.05) is 0 Å². The predicted molar refractivity (Wildman–Crippen MR) is 61.9 cm³/mol. The van der Waals surface area contributed by atoms with E-state index in [1.807, 2.05) is 30.3 Å². The Kier molecular flexibility index (Phi) is 2.62. The van der Waals surface area contributed by atoms with Crippen molar-refractivity contribution in [3.63, 3.8) is 0 Å². The van der Waals surface area contributed by atoms with E-state index in [1.54, 1.807) is 0 Å². The second kappa shape index (κ2) is 3.99. The molecule has 0 bridgehead atoms. The molecule has 16 heavy (non-hydrogen) atoms. The Morgan fingerprint density at radius 2 is 1.44 bits per heavy atom. The molecule has 0 atom stereocenters. The van der Waals surface area contributed by atoms with Crippen LogP contribution in [0.1, 0.15) is 25.7 Å². The van der Waals surface area contributed by atoms with Crippen molar-refractivity contribution in [2.45, 2.75) is 37.9 Å². The lowest BCUT2D eigenvalue weighted by Gasteiger charge is -2.18. The van der Waals surface area contributed by atoms with Gasteiger partial charge in [0.15, 0.2) is 0 Å². The quantitative estimate of drug-likeness (QED) is 0.740. The molecule has 0 unspecified atom stereocenters. The lowest BCUT2D eigenvalue weighted by atomic mass is 10.4. The van der Waals surface area contributed by atoms with Crippen molar-refractivity contribution in [3.05, 3.63) is 30.3 Å². The number of hydrogen-bond acceptors (Lipinski definition) is 3. The molecule has 2 saturated carbocycles. The molecular weight excluding hydrogens is 223 g/mol. The van der Waals surface area contributed by atoms with Crippen LogP contribution in [0.5, 0.6) is 0 Å². The van der Waals surface area contributed by atoms with Crippen molar-refractivity contribution in [2.75, 3.05) is 0 Å². The fourth-order valence-electron chi connectivity index (χ4n) is 1.50. The van der Waals surface area contributed by atoms with Crippen LogP contribution in [0.15, 0.2) is 30.3 Å². The summed E-state index contributed by atoms with van der Waals surface area (Å²) < 4.78 is 23.9. The monoisotopic (exact) mass is 238 g/mol. The van der Waals surface area contributed by atoms with E-state index >= 15 is 0 Å². The maximum absolute atomic E-state index is 12.7. The maximum Gasteiger partial charge on any atom is 0.361 e. The first-order valence-corrected chi connectivity index (χ1v) is 7.33. The summed E-state index contributed by atoms with van der Waals surface area (Å²) >= 11 is 0.